The zero-order valence-corrected chi connectivity index (χ0v) is 55.5. The first-order chi connectivity index (χ1) is 46.0. The smallest absolute Gasteiger partial charge is 0.319 e. The van der Waals surface area contributed by atoms with Gasteiger partial charge in [-0.25, -0.2) is 0 Å². The Kier molecular flexibility index (Phi) is 69.0. The van der Waals surface area contributed by atoms with Gasteiger partial charge in [0.1, 0.15) is 53.2 Å². The van der Waals surface area contributed by atoms with Gasteiger partial charge in [-0.1, -0.05) is 0 Å². The maximum atomic E-state index is 15.6. The van der Waals surface area contributed by atoms with Crippen LogP contribution in [0.3, 0.4) is 0 Å². The van der Waals surface area contributed by atoms with Crippen LogP contribution < -0.4 is 0 Å². The first-order valence-electron chi connectivity index (χ1n) is 26.6. The molecule has 0 fully saturated rings. The highest BCUT2D eigenvalue weighted by Crippen LogP contribution is 2.70. The molecule has 0 atom stereocenters. The molecule has 0 amide bonds. The third kappa shape index (κ3) is 35.9. The van der Waals surface area contributed by atoms with Gasteiger partial charge < -0.3 is 201 Å². The van der Waals surface area contributed by atoms with E-state index in [-0.39, 0.29) is 0 Å². The topological polar surface area (TPSA) is 881 Å². The van der Waals surface area contributed by atoms with E-state index in [0.29, 0.717) is 0 Å². The van der Waals surface area contributed by atoms with Gasteiger partial charge in [0.25, 0.3) is 53.7 Å². The number of aliphatic hydroxyl groups excluding tert-OH is 21. The number of hydrogen-bond donors (Lipinski definition) is 31. The van der Waals surface area contributed by atoms with Crippen molar-refractivity contribution in [2.75, 3.05) is 140 Å². The van der Waals surface area contributed by atoms with Crippen molar-refractivity contribution in [2.45, 2.75) is 113 Å². The average molecular weight is 1500 g/mol. The van der Waals surface area contributed by atoms with E-state index in [1.54, 1.807) is 0 Å². The van der Waals surface area contributed by atoms with Crippen LogP contribution in [0.15, 0.2) is 0 Å². The zero-order valence-electron chi connectivity index (χ0n) is 55.5. The highest BCUT2D eigenvalue weighted by Gasteiger charge is 2.96. The largest absolute Gasteiger partial charge is 0.481 e. The molecule has 0 aromatic heterocycles. The van der Waals surface area contributed by atoms with Gasteiger partial charge in [-0.15, -0.1) is 0 Å². The maximum absolute atomic E-state index is 15.6. The number of hydrogen-bond acceptors (Lipinski definition) is 40. The standard InChI is InChI=1S/C32H64O32.9C2H4O2/c33-1-23(2-34,56-15-47)30(22(54)55,31(24(3-35,4-36)57-16-48,25(5-37,6-38)58-17-49)63-28(11-43,12-44)61-20-52)32(26(7-39,8-40)59-18-50,27(9-41,10-42)60-19-51)64-29(13-45,14-46)62-21-53;9*1-2(3)4/h33-53H,1-21H2,(H,54,55);9*1H3,(H,3,4). The molecule has 0 radical (unpaired) electrons. The SMILES string of the molecule is CC(=O)O.CC(=O)O.CC(=O)O.CC(=O)O.CC(=O)O.CC(=O)O.CC(=O)O.CC(=O)O.CC(=O)O.O=C(O)C(C(CO)(CO)OCO)(C(OC(CO)(CO)OCO)(C(CO)(CO)OCO)C(CO)(CO)OCO)C(OC(CO)(CO)OCO)(C(CO)(CO)OCO)C(CO)(CO)OCO. The fraction of sp³-hybridized carbons (Fsp3) is 0.800. The van der Waals surface area contributed by atoms with Crippen LogP contribution in [0.4, 0.5) is 0 Å². The Morgan fingerprint density at radius 1 is 0.210 bits per heavy atom. The average Bonchev–Trinajstić information content (AvgIpc) is 0.633. The first-order valence-corrected chi connectivity index (χ1v) is 26.6. The van der Waals surface area contributed by atoms with Gasteiger partial charge in [0.05, 0.1) is 92.5 Å². The minimum absolute atomic E-state index is 0.833. The lowest BCUT2D eigenvalue weighted by atomic mass is 9.39. The van der Waals surface area contributed by atoms with Gasteiger partial charge in [0.2, 0.25) is 11.6 Å². The normalized spacial score (nSPS) is 11.5. The lowest BCUT2D eigenvalue weighted by Crippen LogP contribution is -2.99. The van der Waals surface area contributed by atoms with E-state index in [1.165, 1.54) is 0 Å². The van der Waals surface area contributed by atoms with Crippen LogP contribution in [0.2, 0.25) is 0 Å². The lowest BCUT2D eigenvalue weighted by molar-refractivity contribution is -0.508. The Balaban J connectivity index is -0.000000229. The Hall–Kier alpha value is -6.50. The Labute approximate surface area is 566 Å². The number of carbonyl (C=O) groups is 10. The molecule has 600 valence electrons. The molecule has 0 aliphatic rings. The van der Waals surface area contributed by atoms with Crippen molar-refractivity contribution in [3.63, 3.8) is 0 Å². The number of aliphatic carboxylic acids is 10. The number of carboxylic acid groups (broad SMARTS) is 10. The molecule has 0 aromatic rings. The molecule has 31 N–H and O–H groups in total. The van der Waals surface area contributed by atoms with Crippen molar-refractivity contribution in [3.8, 4) is 0 Å². The fourth-order valence-corrected chi connectivity index (χ4v) is 8.34. The van der Waals surface area contributed by atoms with E-state index >= 15 is 4.79 Å². The van der Waals surface area contributed by atoms with Gasteiger partial charge >= 0.3 is 5.97 Å². The summed E-state index contributed by atoms with van der Waals surface area (Å²) in [7, 11) is 0. The van der Waals surface area contributed by atoms with Crippen LogP contribution >= 0.6 is 0 Å². The molecular weight excluding hydrogens is 1400 g/mol. The van der Waals surface area contributed by atoms with Gasteiger partial charge in [0.15, 0.2) is 39.0 Å². The Morgan fingerprint density at radius 2 is 0.330 bits per heavy atom. The number of rotatable bonds is 40. The highest BCUT2D eigenvalue weighted by atomic mass is 16.8. The summed E-state index contributed by atoms with van der Waals surface area (Å²) in [6.45, 7) is -35.5. The maximum Gasteiger partial charge on any atom is 0.319 e. The molecule has 0 saturated carbocycles. The van der Waals surface area contributed by atoms with E-state index in [9.17, 15) is 112 Å². The molecule has 0 heterocycles. The van der Waals surface area contributed by atoms with E-state index in [4.69, 9.17) is 132 Å². The predicted octanol–water partition coefficient (Wildman–Crippen LogP) is -12.9. The summed E-state index contributed by atoms with van der Waals surface area (Å²) in [5.74, 6) is -18.4. The summed E-state index contributed by atoms with van der Waals surface area (Å²) < 4.78 is 49.0. The summed E-state index contributed by atoms with van der Waals surface area (Å²) in [5, 5.41) is 311. The van der Waals surface area contributed by atoms with Crippen molar-refractivity contribution in [2.24, 2.45) is 5.41 Å². The van der Waals surface area contributed by atoms with Gasteiger partial charge in [-0.2, -0.15) is 0 Å². The second-order valence-electron chi connectivity index (χ2n) is 18.2. The molecule has 100 heavy (non-hydrogen) atoms. The van der Waals surface area contributed by atoms with Crippen LogP contribution in [-0.4, -0.2) is 409 Å². The molecule has 50 heteroatoms. The van der Waals surface area contributed by atoms with E-state index in [0.717, 1.165) is 62.3 Å². The quantitative estimate of drug-likeness (QED) is 0.0253. The molecule has 0 aliphatic heterocycles. The van der Waals surface area contributed by atoms with Gasteiger partial charge in [-0.05, 0) is 0 Å². The number of aliphatic hydroxyl groups is 21. The highest BCUT2D eigenvalue weighted by molar-refractivity contribution is 5.83. The Bertz CT molecular complexity index is 1850. The molecule has 0 bridgehead atoms. The predicted molar refractivity (Wildman–Crippen MR) is 313 cm³/mol. The third-order valence-electron chi connectivity index (χ3n) is 11.2. The van der Waals surface area contributed by atoms with E-state index in [1.807, 2.05) is 0 Å². The van der Waals surface area contributed by atoms with Gasteiger partial charge in [-0.3, -0.25) is 47.9 Å². The molecule has 50 nitrogen and oxygen atoms in total. The van der Waals surface area contributed by atoms with Crippen molar-refractivity contribution < 1.29 is 249 Å². The fourth-order valence-electron chi connectivity index (χ4n) is 8.34. The summed E-state index contributed by atoms with van der Waals surface area (Å²) in [6.07, 6.45) is 0. The van der Waals surface area contributed by atoms with Crippen LogP contribution in [0, 0.1) is 5.41 Å². The van der Waals surface area contributed by atoms with Crippen molar-refractivity contribution in [3.05, 3.63) is 0 Å². The monoisotopic (exact) mass is 1500 g/mol. The summed E-state index contributed by atoms with van der Waals surface area (Å²) in [6, 6.07) is 0. The molecule has 0 unspecified atom stereocenters. The minimum Gasteiger partial charge on any atom is -0.481 e. The minimum atomic E-state index is -5.36. The summed E-state index contributed by atoms with van der Waals surface area (Å²) in [5.41, 5.74) is -36.8. The van der Waals surface area contributed by atoms with Crippen molar-refractivity contribution >= 4 is 59.7 Å². The van der Waals surface area contributed by atoms with Crippen LogP contribution in [0.25, 0.3) is 0 Å². The molecule has 0 aliphatic carbocycles. The number of ether oxygens (including phenoxy) is 9. The molecule has 0 saturated heterocycles. The second-order valence-corrected chi connectivity index (χ2v) is 18.2. The first kappa shape index (κ1) is 115. The summed E-state index contributed by atoms with van der Waals surface area (Å²) >= 11 is 0. The van der Waals surface area contributed by atoms with E-state index in [2.05, 4.69) is 0 Å². The summed E-state index contributed by atoms with van der Waals surface area (Å²) in [4.78, 5) is 96.6. The lowest BCUT2D eigenvalue weighted by Gasteiger charge is -2.74. The zero-order chi connectivity index (χ0) is 82.0. The van der Waals surface area contributed by atoms with Crippen LogP contribution in [0.1, 0.15) is 62.3 Å². The third-order valence-corrected chi connectivity index (χ3v) is 11.2. The number of carboxylic acids is 10. The molecule has 0 rings (SSSR count). The molecule has 0 aromatic carbocycles. The molecule has 0 spiro atoms. The van der Waals surface area contributed by atoms with Crippen LogP contribution in [-0.2, 0) is 90.6 Å². The van der Waals surface area contributed by atoms with E-state index < -0.39 is 256 Å². The Morgan fingerprint density at radius 3 is 0.420 bits per heavy atom. The molecular formula is C50H100O50. The van der Waals surface area contributed by atoms with Crippen molar-refractivity contribution in [1.82, 2.24) is 0 Å². The second kappa shape index (κ2) is 60.1. The van der Waals surface area contributed by atoms with Gasteiger partial charge in [0, 0.05) is 62.3 Å². The van der Waals surface area contributed by atoms with Crippen molar-refractivity contribution in [1.29, 1.82) is 0 Å². The van der Waals surface area contributed by atoms with Crippen LogP contribution in [0.5, 0.6) is 0 Å².